The van der Waals surface area contributed by atoms with Gasteiger partial charge in [0, 0.05) is 80.7 Å². The molecule has 2 unspecified atom stereocenters. The second-order valence-electron chi connectivity index (χ2n) is 13.0. The number of nitrogens with zero attached hydrogens (tertiary/aromatic N) is 5. The molecule has 2 atom stereocenters. The number of hydrogen-bond acceptors (Lipinski definition) is 9. The smallest absolute Gasteiger partial charge is 0.291 e. The fourth-order valence-electron chi connectivity index (χ4n) is 7.00. The fraction of sp³-hybridized carbons (Fsp3) is 0.389. The number of ether oxygens (including phenoxy) is 1. The molecular formula is C36H39Cl2N9O4. The zero-order valence-electron chi connectivity index (χ0n) is 28.4. The number of hydrogen-bond donors (Lipinski definition) is 4. The highest BCUT2D eigenvalue weighted by molar-refractivity contribution is 6.39. The van der Waals surface area contributed by atoms with Gasteiger partial charge in [-0.3, -0.25) is 19.4 Å². The van der Waals surface area contributed by atoms with E-state index in [0.29, 0.717) is 84.7 Å². The van der Waals surface area contributed by atoms with Crippen LogP contribution >= 0.6 is 23.2 Å². The number of benzene rings is 1. The maximum Gasteiger partial charge on any atom is 0.291 e. The number of amides is 3. The van der Waals surface area contributed by atoms with Crippen molar-refractivity contribution in [3.05, 3.63) is 75.4 Å². The predicted molar refractivity (Wildman–Crippen MR) is 194 cm³/mol. The predicted octanol–water partition coefficient (Wildman–Crippen LogP) is 3.97. The topological polar surface area (TPSA) is 155 Å². The summed E-state index contributed by atoms with van der Waals surface area (Å²) in [5, 5.41) is 13.1. The average Bonchev–Trinajstić information content (AvgIpc) is 3.90. The number of methoxy groups -OCH3 is 1. The highest BCUT2D eigenvalue weighted by Gasteiger charge is 2.32. The third-order valence-corrected chi connectivity index (χ3v) is 10.6. The highest BCUT2D eigenvalue weighted by atomic mass is 35.5. The molecule has 6 heterocycles. The number of carbonyl (C=O) groups excluding carboxylic acids is 3. The van der Waals surface area contributed by atoms with Crippen LogP contribution in [0.5, 0.6) is 5.88 Å². The van der Waals surface area contributed by atoms with Crippen molar-refractivity contribution in [2.24, 2.45) is 13.0 Å². The number of aromatic nitrogens is 4. The second kappa shape index (κ2) is 15.0. The molecule has 3 aliphatic rings. The molecule has 266 valence electrons. The van der Waals surface area contributed by atoms with Crippen LogP contribution in [0, 0.1) is 5.92 Å². The maximum atomic E-state index is 13.6. The van der Waals surface area contributed by atoms with Gasteiger partial charge >= 0.3 is 0 Å². The monoisotopic (exact) mass is 731 g/mol. The van der Waals surface area contributed by atoms with Crippen molar-refractivity contribution in [1.82, 2.24) is 40.4 Å². The molecule has 1 aromatic carbocycles. The second-order valence-corrected chi connectivity index (χ2v) is 13.8. The molecule has 13 nitrogen and oxygen atoms in total. The summed E-state index contributed by atoms with van der Waals surface area (Å²) in [7, 11) is 3.38. The lowest BCUT2D eigenvalue weighted by molar-refractivity contribution is -0.136. The molecule has 15 heteroatoms. The van der Waals surface area contributed by atoms with E-state index in [9.17, 15) is 14.4 Å². The molecule has 3 amide bonds. The van der Waals surface area contributed by atoms with Gasteiger partial charge in [-0.05, 0) is 37.6 Å². The largest absolute Gasteiger partial charge is 0.481 e. The molecule has 4 N–H and O–H groups in total. The molecule has 2 fully saturated rings. The summed E-state index contributed by atoms with van der Waals surface area (Å²) in [4.78, 5) is 53.9. The van der Waals surface area contributed by atoms with E-state index in [1.54, 1.807) is 42.1 Å². The fourth-order valence-corrected chi connectivity index (χ4v) is 7.58. The Morgan fingerprint density at radius 2 is 1.92 bits per heavy atom. The van der Waals surface area contributed by atoms with Gasteiger partial charge in [-0.2, -0.15) is 0 Å². The Kier molecular flexibility index (Phi) is 10.2. The van der Waals surface area contributed by atoms with Crippen LogP contribution in [0.25, 0.3) is 22.5 Å². The van der Waals surface area contributed by atoms with Crippen LogP contribution < -0.4 is 26.0 Å². The molecule has 0 radical (unpaired) electrons. The van der Waals surface area contributed by atoms with E-state index in [1.807, 2.05) is 24.1 Å². The minimum atomic E-state index is -0.421. The molecule has 0 bridgehead atoms. The van der Waals surface area contributed by atoms with Gasteiger partial charge in [0.1, 0.15) is 0 Å². The summed E-state index contributed by atoms with van der Waals surface area (Å²) in [5.41, 5.74) is 5.09. The molecule has 4 aromatic rings. The number of imidazole rings is 1. The van der Waals surface area contributed by atoms with Crippen LogP contribution in [-0.2, 0) is 36.1 Å². The van der Waals surface area contributed by atoms with Gasteiger partial charge in [0.25, 0.3) is 5.91 Å². The van der Waals surface area contributed by atoms with Crippen molar-refractivity contribution >= 4 is 46.6 Å². The Balaban J connectivity index is 1.07. The first kappa shape index (κ1) is 34.9. The molecule has 2 saturated heterocycles. The van der Waals surface area contributed by atoms with Crippen LogP contribution in [-0.4, -0.2) is 81.5 Å². The van der Waals surface area contributed by atoms with Crippen LogP contribution in [0.4, 0.5) is 5.69 Å². The van der Waals surface area contributed by atoms with Crippen LogP contribution in [0.2, 0.25) is 10.0 Å². The summed E-state index contributed by atoms with van der Waals surface area (Å²) < 4.78 is 7.41. The molecule has 0 aliphatic carbocycles. The molecule has 3 aromatic heterocycles. The number of fused-ring (bicyclic) bond motifs is 1. The van der Waals surface area contributed by atoms with E-state index in [0.717, 1.165) is 36.3 Å². The van der Waals surface area contributed by atoms with Crippen molar-refractivity contribution in [3.63, 3.8) is 0 Å². The van der Waals surface area contributed by atoms with Crippen molar-refractivity contribution in [1.29, 1.82) is 0 Å². The molecule has 7 rings (SSSR count). The lowest BCUT2D eigenvalue weighted by Gasteiger charge is -2.28. The lowest BCUT2D eigenvalue weighted by Crippen LogP contribution is -2.40. The van der Waals surface area contributed by atoms with Gasteiger partial charge < -0.3 is 35.5 Å². The molecule has 0 saturated carbocycles. The van der Waals surface area contributed by atoms with Crippen LogP contribution in [0.1, 0.15) is 46.8 Å². The first-order valence-electron chi connectivity index (χ1n) is 17.0. The molecular weight excluding hydrogens is 693 g/mol. The number of rotatable bonds is 10. The number of anilines is 1. The highest BCUT2D eigenvalue weighted by Crippen LogP contribution is 2.40. The van der Waals surface area contributed by atoms with Gasteiger partial charge in [0.15, 0.2) is 5.82 Å². The van der Waals surface area contributed by atoms with Gasteiger partial charge in [0.2, 0.25) is 17.7 Å². The summed E-state index contributed by atoms with van der Waals surface area (Å²) in [5.74, 6) is 0.474. The SMILES string of the molecule is COc1nc(-c2ccnc(-c3cccc(NC(=O)c4nc5c(n4C)CCN(C(=O)C4CCNC4)C5)c3Cl)c2Cl)ccc1CNCC1CCC(=O)N1. The van der Waals surface area contributed by atoms with Crippen LogP contribution in [0.3, 0.4) is 0 Å². The number of nitrogens with one attached hydrogen (secondary N) is 4. The summed E-state index contributed by atoms with van der Waals surface area (Å²) in [6.45, 7) is 3.69. The van der Waals surface area contributed by atoms with E-state index in [4.69, 9.17) is 32.9 Å². The lowest BCUT2D eigenvalue weighted by atomic mass is 10.0. The Morgan fingerprint density at radius 1 is 1.06 bits per heavy atom. The normalized spacial score (nSPS) is 18.4. The van der Waals surface area contributed by atoms with Crippen molar-refractivity contribution in [3.8, 4) is 28.4 Å². The van der Waals surface area contributed by atoms with Gasteiger partial charge in [-0.25, -0.2) is 9.97 Å². The standard InChI is InChI=1S/C36H39Cl2N9O4/c1-46-28-12-15-47(36(50)21-10-13-39-17-21)19-27(28)43-33(46)34(49)44-26-5-3-4-24(30(26)37)32-31(38)23(11-14-41-32)25-8-6-20(35(45-25)51-2)16-40-18-22-7-9-29(48)42-22/h3-6,8,11,14,21-22,39-40H,7,9-10,12-13,15-19H2,1-2H3,(H,42,48)(H,44,49). The zero-order valence-corrected chi connectivity index (χ0v) is 29.9. The Morgan fingerprint density at radius 3 is 2.69 bits per heavy atom. The molecule has 51 heavy (non-hydrogen) atoms. The summed E-state index contributed by atoms with van der Waals surface area (Å²) in [6, 6.07) is 11.0. The van der Waals surface area contributed by atoms with E-state index in [-0.39, 0.29) is 34.6 Å². The third-order valence-electron chi connectivity index (χ3n) is 9.77. The van der Waals surface area contributed by atoms with E-state index in [1.165, 1.54) is 0 Å². The average molecular weight is 733 g/mol. The van der Waals surface area contributed by atoms with Crippen LogP contribution in [0.15, 0.2) is 42.6 Å². The van der Waals surface area contributed by atoms with Crippen molar-refractivity contribution in [2.75, 3.05) is 38.6 Å². The van der Waals surface area contributed by atoms with E-state index < -0.39 is 5.91 Å². The zero-order chi connectivity index (χ0) is 35.6. The van der Waals surface area contributed by atoms with Gasteiger partial charge in [-0.15, -0.1) is 0 Å². The Hall–Kier alpha value is -4.56. The number of carbonyl (C=O) groups is 3. The van der Waals surface area contributed by atoms with Crippen molar-refractivity contribution in [2.45, 2.75) is 44.8 Å². The number of pyridine rings is 2. The molecule has 0 spiro atoms. The Labute approximate surface area is 305 Å². The quantitative estimate of drug-likeness (QED) is 0.190. The van der Waals surface area contributed by atoms with E-state index in [2.05, 4.69) is 31.2 Å². The Bertz CT molecular complexity index is 2000. The third kappa shape index (κ3) is 7.16. The number of halogens is 2. The van der Waals surface area contributed by atoms with Gasteiger partial charge in [0.05, 0.1) is 52.4 Å². The summed E-state index contributed by atoms with van der Waals surface area (Å²) >= 11 is 13.9. The summed E-state index contributed by atoms with van der Waals surface area (Å²) in [6.07, 6.45) is 4.46. The minimum Gasteiger partial charge on any atom is -0.481 e. The maximum absolute atomic E-state index is 13.6. The van der Waals surface area contributed by atoms with Crippen molar-refractivity contribution < 1.29 is 19.1 Å². The van der Waals surface area contributed by atoms with Gasteiger partial charge in [-0.1, -0.05) is 41.4 Å². The first-order chi connectivity index (χ1) is 24.7. The first-order valence-corrected chi connectivity index (χ1v) is 17.8. The molecule has 3 aliphatic heterocycles. The van der Waals surface area contributed by atoms with E-state index >= 15 is 0 Å². The minimum absolute atomic E-state index is 0.0113.